The highest BCUT2D eigenvalue weighted by atomic mass is 16.1. The predicted molar refractivity (Wildman–Crippen MR) is 61.8 cm³/mol. The number of carbonyl (C=O) groups excluding carboxylic acids is 1. The van der Waals surface area contributed by atoms with Crippen molar-refractivity contribution in [1.82, 2.24) is 15.5 Å². The predicted octanol–water partition coefficient (Wildman–Crippen LogP) is -0.0260. The van der Waals surface area contributed by atoms with Crippen LogP contribution in [-0.2, 0) is 4.79 Å². The molecule has 1 aliphatic rings. The third kappa shape index (κ3) is 5.54. The fourth-order valence-electron chi connectivity index (χ4n) is 1.67. The molecule has 2 N–H and O–H groups in total. The van der Waals surface area contributed by atoms with Crippen LogP contribution >= 0.6 is 0 Å². The average molecular weight is 211 g/mol. The number of piperazine rings is 1. The number of amides is 1. The molecule has 1 rings (SSSR count). The molecule has 0 atom stereocenters. The summed E-state index contributed by atoms with van der Waals surface area (Å²) < 4.78 is 0. The lowest BCUT2D eigenvalue weighted by Crippen LogP contribution is -2.44. The van der Waals surface area contributed by atoms with Crippen molar-refractivity contribution in [3.8, 4) is 0 Å². The Morgan fingerprint density at radius 1 is 1.47 bits per heavy atom. The van der Waals surface area contributed by atoms with Gasteiger partial charge in [-0.3, -0.25) is 4.79 Å². The summed E-state index contributed by atoms with van der Waals surface area (Å²) in [4.78, 5) is 13.5. The van der Waals surface area contributed by atoms with Crippen LogP contribution in [0.4, 0.5) is 0 Å². The van der Waals surface area contributed by atoms with E-state index in [0.29, 0.717) is 6.42 Å². The van der Waals surface area contributed by atoms with Crippen molar-refractivity contribution in [2.75, 3.05) is 39.3 Å². The molecule has 1 amide bonds. The number of rotatable bonds is 6. The third-order valence-electron chi connectivity index (χ3n) is 2.51. The molecule has 0 radical (unpaired) electrons. The maximum absolute atomic E-state index is 11.1. The first kappa shape index (κ1) is 12.2. The van der Waals surface area contributed by atoms with Gasteiger partial charge in [-0.2, -0.15) is 0 Å². The third-order valence-corrected chi connectivity index (χ3v) is 2.51. The van der Waals surface area contributed by atoms with Crippen molar-refractivity contribution >= 4 is 5.91 Å². The molecule has 0 spiro atoms. The number of hydrogen-bond donors (Lipinski definition) is 2. The highest BCUT2D eigenvalue weighted by molar-refractivity contribution is 5.77. The van der Waals surface area contributed by atoms with Gasteiger partial charge in [0.15, 0.2) is 0 Å². The van der Waals surface area contributed by atoms with Crippen molar-refractivity contribution in [1.29, 1.82) is 0 Å². The Morgan fingerprint density at radius 2 is 2.20 bits per heavy atom. The minimum absolute atomic E-state index is 0.0744. The van der Waals surface area contributed by atoms with Gasteiger partial charge in [0.1, 0.15) is 0 Å². The summed E-state index contributed by atoms with van der Waals surface area (Å²) in [6.07, 6.45) is 3.09. The second kappa shape index (κ2) is 7.43. The summed E-state index contributed by atoms with van der Waals surface area (Å²) in [5.74, 6) is 0.0744. The Hall–Kier alpha value is -0.870. The molecule has 0 aromatic carbocycles. The van der Waals surface area contributed by atoms with E-state index in [2.05, 4.69) is 22.1 Å². The van der Waals surface area contributed by atoms with Crippen molar-refractivity contribution < 1.29 is 4.79 Å². The smallest absolute Gasteiger partial charge is 0.223 e. The monoisotopic (exact) mass is 211 g/mol. The molecule has 0 aromatic heterocycles. The summed E-state index contributed by atoms with van der Waals surface area (Å²) in [6, 6.07) is 0. The maximum Gasteiger partial charge on any atom is 0.223 e. The molecule has 0 saturated carbocycles. The first-order valence-electron chi connectivity index (χ1n) is 5.63. The Morgan fingerprint density at radius 3 is 2.87 bits per heavy atom. The van der Waals surface area contributed by atoms with E-state index in [4.69, 9.17) is 0 Å². The highest BCUT2D eigenvalue weighted by Gasteiger charge is 2.08. The number of nitrogens with zero attached hydrogens (tertiary/aromatic N) is 1. The molecule has 15 heavy (non-hydrogen) atoms. The van der Waals surface area contributed by atoms with Crippen molar-refractivity contribution in [3.05, 3.63) is 12.7 Å². The summed E-state index contributed by atoms with van der Waals surface area (Å²) >= 11 is 0. The SMILES string of the molecule is C=CCC(=O)NCCCN1CCNCC1. The zero-order valence-electron chi connectivity index (χ0n) is 9.30. The second-order valence-corrected chi connectivity index (χ2v) is 3.79. The van der Waals surface area contributed by atoms with Gasteiger partial charge in [-0.05, 0) is 13.0 Å². The van der Waals surface area contributed by atoms with Crippen molar-refractivity contribution in [3.63, 3.8) is 0 Å². The summed E-state index contributed by atoms with van der Waals surface area (Å²) in [7, 11) is 0. The topological polar surface area (TPSA) is 44.4 Å². The number of nitrogens with one attached hydrogen (secondary N) is 2. The molecule has 4 heteroatoms. The minimum Gasteiger partial charge on any atom is -0.356 e. The summed E-state index contributed by atoms with van der Waals surface area (Å²) in [5.41, 5.74) is 0. The van der Waals surface area contributed by atoms with Crippen LogP contribution in [0.15, 0.2) is 12.7 Å². The van der Waals surface area contributed by atoms with Gasteiger partial charge in [-0.15, -0.1) is 6.58 Å². The van der Waals surface area contributed by atoms with Gasteiger partial charge >= 0.3 is 0 Å². The maximum atomic E-state index is 11.1. The average Bonchev–Trinajstić information content (AvgIpc) is 2.26. The van der Waals surface area contributed by atoms with Crippen LogP contribution in [0.2, 0.25) is 0 Å². The Bertz CT molecular complexity index is 200. The van der Waals surface area contributed by atoms with Crippen LogP contribution in [0.5, 0.6) is 0 Å². The van der Waals surface area contributed by atoms with Gasteiger partial charge < -0.3 is 15.5 Å². The molecular formula is C11H21N3O. The number of hydrogen-bond acceptors (Lipinski definition) is 3. The van der Waals surface area contributed by atoms with Crippen LogP contribution in [0, 0.1) is 0 Å². The molecule has 1 fully saturated rings. The van der Waals surface area contributed by atoms with Crippen molar-refractivity contribution in [2.45, 2.75) is 12.8 Å². The van der Waals surface area contributed by atoms with Gasteiger partial charge in [-0.25, -0.2) is 0 Å². The van der Waals surface area contributed by atoms with Crippen molar-refractivity contribution in [2.24, 2.45) is 0 Å². The van der Waals surface area contributed by atoms with Crippen LogP contribution in [0.1, 0.15) is 12.8 Å². The zero-order chi connectivity index (χ0) is 10.9. The molecule has 86 valence electrons. The second-order valence-electron chi connectivity index (χ2n) is 3.79. The van der Waals surface area contributed by atoms with Gasteiger partial charge in [0.05, 0.1) is 0 Å². The summed E-state index contributed by atoms with van der Waals surface area (Å²) in [6.45, 7) is 9.80. The summed E-state index contributed by atoms with van der Waals surface area (Å²) in [5, 5.41) is 6.19. The van der Waals surface area contributed by atoms with E-state index in [1.807, 2.05) is 0 Å². The van der Waals surface area contributed by atoms with E-state index in [1.165, 1.54) is 0 Å². The molecule has 0 aromatic rings. The van der Waals surface area contributed by atoms with Crippen LogP contribution < -0.4 is 10.6 Å². The zero-order valence-corrected chi connectivity index (χ0v) is 9.30. The lowest BCUT2D eigenvalue weighted by Gasteiger charge is -2.27. The highest BCUT2D eigenvalue weighted by Crippen LogP contribution is 1.93. The molecule has 1 aliphatic heterocycles. The van der Waals surface area contributed by atoms with E-state index < -0.39 is 0 Å². The lowest BCUT2D eigenvalue weighted by molar-refractivity contribution is -0.120. The first-order valence-corrected chi connectivity index (χ1v) is 5.63. The van der Waals surface area contributed by atoms with Gasteiger partial charge in [0, 0.05) is 39.1 Å². The quantitative estimate of drug-likeness (QED) is 0.479. The van der Waals surface area contributed by atoms with Crippen LogP contribution in [-0.4, -0.2) is 50.1 Å². The molecule has 0 bridgehead atoms. The van der Waals surface area contributed by atoms with Gasteiger partial charge in [0.2, 0.25) is 5.91 Å². The van der Waals surface area contributed by atoms with E-state index >= 15 is 0 Å². The molecule has 0 unspecified atom stereocenters. The molecule has 1 heterocycles. The fourth-order valence-corrected chi connectivity index (χ4v) is 1.67. The Labute approximate surface area is 91.7 Å². The molecule has 1 saturated heterocycles. The van der Waals surface area contributed by atoms with E-state index in [-0.39, 0.29) is 5.91 Å². The minimum atomic E-state index is 0.0744. The first-order chi connectivity index (χ1) is 7.33. The van der Waals surface area contributed by atoms with E-state index in [9.17, 15) is 4.79 Å². The standard InChI is InChI=1S/C11H21N3O/c1-2-4-11(15)13-5-3-8-14-9-6-12-7-10-14/h2,12H,1,3-10H2,(H,13,15). The number of carbonyl (C=O) groups is 1. The Balaban J connectivity index is 1.95. The fraction of sp³-hybridized carbons (Fsp3) is 0.727. The Kier molecular flexibility index (Phi) is 6.04. The van der Waals surface area contributed by atoms with Gasteiger partial charge in [-0.1, -0.05) is 6.08 Å². The van der Waals surface area contributed by atoms with Crippen LogP contribution in [0.3, 0.4) is 0 Å². The largest absolute Gasteiger partial charge is 0.356 e. The van der Waals surface area contributed by atoms with E-state index in [0.717, 1.165) is 45.7 Å². The molecule has 0 aliphatic carbocycles. The molecular weight excluding hydrogens is 190 g/mol. The van der Waals surface area contributed by atoms with Crippen LogP contribution in [0.25, 0.3) is 0 Å². The van der Waals surface area contributed by atoms with Gasteiger partial charge in [0.25, 0.3) is 0 Å². The lowest BCUT2D eigenvalue weighted by atomic mass is 10.3. The normalized spacial score (nSPS) is 17.3. The molecule has 4 nitrogen and oxygen atoms in total. The van der Waals surface area contributed by atoms with E-state index in [1.54, 1.807) is 6.08 Å².